The molecule has 0 aliphatic carbocycles. The van der Waals surface area contributed by atoms with Gasteiger partial charge in [-0.1, -0.05) is 17.1 Å². The second-order valence-electron chi connectivity index (χ2n) is 7.64. The van der Waals surface area contributed by atoms with Crippen LogP contribution < -0.4 is 10.2 Å². The van der Waals surface area contributed by atoms with Gasteiger partial charge in [0.2, 0.25) is 5.95 Å². The van der Waals surface area contributed by atoms with Crippen molar-refractivity contribution in [2.75, 3.05) is 23.4 Å². The number of nitrogens with zero attached hydrogens (tertiary/aromatic N) is 6. The van der Waals surface area contributed by atoms with E-state index in [0.29, 0.717) is 29.0 Å². The molecule has 0 spiro atoms. The zero-order valence-corrected chi connectivity index (χ0v) is 18.0. The number of hydrogen-bond donors (Lipinski definition) is 3. The third-order valence-corrected chi connectivity index (χ3v) is 5.27. The number of rotatable bonds is 5. The first kappa shape index (κ1) is 20.7. The van der Waals surface area contributed by atoms with E-state index in [1.807, 2.05) is 37.3 Å². The van der Waals surface area contributed by atoms with Crippen LogP contribution in [0.15, 0.2) is 47.1 Å². The molecular weight excluding hydrogens is 420 g/mol. The Bertz CT molecular complexity index is 1300. The zero-order chi connectivity index (χ0) is 22.6. The standard InChI is InChI=1S/C23H22N8O2/c1-15-12-22(29-28-15)26-21-13-16(6-5-11-32)25-23(27-21)31-10-4-8-19(31)20-14-18(30-33-20)17-7-2-3-9-24-17/h2-3,7,9,12-14,19,32H,4,8,10-11H2,1H3,(H2,25,26,27,28,29). The molecule has 5 rings (SSSR count). The lowest BCUT2D eigenvalue weighted by molar-refractivity contribution is 0.350. The van der Waals surface area contributed by atoms with E-state index >= 15 is 0 Å². The SMILES string of the molecule is Cc1cc(Nc2cc(C#CCO)nc(N3CCCC3c3cc(-c4ccccn4)no3)n2)n[nH]1. The van der Waals surface area contributed by atoms with E-state index in [-0.39, 0.29) is 12.6 Å². The van der Waals surface area contributed by atoms with Crippen molar-refractivity contribution in [1.29, 1.82) is 0 Å². The molecule has 166 valence electrons. The van der Waals surface area contributed by atoms with Gasteiger partial charge in [0.25, 0.3) is 0 Å². The van der Waals surface area contributed by atoms with Crippen LogP contribution >= 0.6 is 0 Å². The van der Waals surface area contributed by atoms with Gasteiger partial charge in [0.15, 0.2) is 11.6 Å². The molecule has 4 aromatic rings. The van der Waals surface area contributed by atoms with Crippen LogP contribution in [0.3, 0.4) is 0 Å². The van der Waals surface area contributed by atoms with Crippen molar-refractivity contribution in [1.82, 2.24) is 30.3 Å². The molecule has 3 N–H and O–H groups in total. The number of hydrogen-bond acceptors (Lipinski definition) is 9. The summed E-state index contributed by atoms with van der Waals surface area (Å²) in [6.45, 7) is 2.44. The number of aromatic amines is 1. The number of nitrogens with one attached hydrogen (secondary N) is 2. The summed E-state index contributed by atoms with van der Waals surface area (Å²) in [6, 6.07) is 11.2. The Morgan fingerprint density at radius 1 is 1.21 bits per heavy atom. The van der Waals surface area contributed by atoms with Gasteiger partial charge in [-0.3, -0.25) is 10.1 Å². The van der Waals surface area contributed by atoms with Crippen molar-refractivity contribution in [3.8, 4) is 23.2 Å². The van der Waals surface area contributed by atoms with Crippen LogP contribution in [0.5, 0.6) is 0 Å². The van der Waals surface area contributed by atoms with Crippen molar-refractivity contribution in [3.05, 3.63) is 59.7 Å². The number of H-pyrrole nitrogens is 1. The molecule has 1 aliphatic heterocycles. The van der Waals surface area contributed by atoms with E-state index in [1.165, 1.54) is 0 Å². The lowest BCUT2D eigenvalue weighted by Gasteiger charge is -2.23. The van der Waals surface area contributed by atoms with Gasteiger partial charge in [0.1, 0.15) is 23.8 Å². The predicted octanol–water partition coefficient (Wildman–Crippen LogP) is 2.99. The van der Waals surface area contributed by atoms with Crippen molar-refractivity contribution < 1.29 is 9.63 Å². The molecule has 0 aromatic carbocycles. The van der Waals surface area contributed by atoms with Crippen LogP contribution in [-0.2, 0) is 0 Å². The minimum Gasteiger partial charge on any atom is -0.384 e. The fourth-order valence-electron chi connectivity index (χ4n) is 3.82. The summed E-state index contributed by atoms with van der Waals surface area (Å²) in [7, 11) is 0. The molecule has 1 aliphatic rings. The summed E-state index contributed by atoms with van der Waals surface area (Å²) in [4.78, 5) is 15.8. The molecule has 5 heterocycles. The normalized spacial score (nSPS) is 15.3. The maximum Gasteiger partial charge on any atom is 0.229 e. The first-order chi connectivity index (χ1) is 16.2. The van der Waals surface area contributed by atoms with Gasteiger partial charge in [-0.05, 0) is 37.8 Å². The van der Waals surface area contributed by atoms with Crippen LogP contribution in [-0.4, -0.2) is 48.6 Å². The number of pyridine rings is 1. The molecular formula is C23H22N8O2. The molecule has 1 saturated heterocycles. The van der Waals surface area contributed by atoms with Crippen LogP contribution in [0.1, 0.15) is 36.0 Å². The lowest BCUT2D eigenvalue weighted by Crippen LogP contribution is -2.25. The van der Waals surface area contributed by atoms with Crippen LogP contribution in [0, 0.1) is 18.8 Å². The Hall–Kier alpha value is -4.23. The van der Waals surface area contributed by atoms with E-state index in [2.05, 4.69) is 47.4 Å². The third kappa shape index (κ3) is 4.53. The van der Waals surface area contributed by atoms with E-state index in [4.69, 9.17) is 14.6 Å². The summed E-state index contributed by atoms with van der Waals surface area (Å²) >= 11 is 0. The average Bonchev–Trinajstić information content (AvgIpc) is 3.59. The highest BCUT2D eigenvalue weighted by molar-refractivity contribution is 5.57. The van der Waals surface area contributed by atoms with Gasteiger partial charge >= 0.3 is 0 Å². The second kappa shape index (κ2) is 9.10. The summed E-state index contributed by atoms with van der Waals surface area (Å²) in [5.41, 5.74) is 2.88. The Morgan fingerprint density at radius 2 is 2.15 bits per heavy atom. The molecule has 0 amide bonds. The maximum atomic E-state index is 9.12. The highest BCUT2D eigenvalue weighted by Gasteiger charge is 2.32. The fourth-order valence-corrected chi connectivity index (χ4v) is 3.82. The maximum absolute atomic E-state index is 9.12. The molecule has 1 unspecified atom stereocenters. The first-order valence-electron chi connectivity index (χ1n) is 10.6. The quantitative estimate of drug-likeness (QED) is 0.399. The zero-order valence-electron chi connectivity index (χ0n) is 18.0. The molecule has 10 heteroatoms. The monoisotopic (exact) mass is 442 g/mol. The van der Waals surface area contributed by atoms with Crippen molar-refractivity contribution in [3.63, 3.8) is 0 Å². The average molecular weight is 442 g/mol. The number of anilines is 3. The molecule has 4 aromatic heterocycles. The van der Waals surface area contributed by atoms with Gasteiger partial charge in [-0.25, -0.2) is 4.98 Å². The van der Waals surface area contributed by atoms with Crippen LogP contribution in [0.25, 0.3) is 11.4 Å². The summed E-state index contributed by atoms with van der Waals surface area (Å²) in [6.07, 6.45) is 3.57. The molecule has 1 fully saturated rings. The lowest BCUT2D eigenvalue weighted by atomic mass is 10.1. The first-order valence-corrected chi connectivity index (χ1v) is 10.6. The van der Waals surface area contributed by atoms with E-state index in [0.717, 1.165) is 36.5 Å². The van der Waals surface area contributed by atoms with Crippen LogP contribution in [0.4, 0.5) is 17.6 Å². The topological polar surface area (TPSA) is 129 Å². The molecule has 10 nitrogen and oxygen atoms in total. The van der Waals surface area contributed by atoms with Gasteiger partial charge < -0.3 is 19.8 Å². The summed E-state index contributed by atoms with van der Waals surface area (Å²) in [5.74, 6) is 8.00. The Labute approximate surface area is 190 Å². The van der Waals surface area contributed by atoms with Crippen molar-refractivity contribution in [2.45, 2.75) is 25.8 Å². The largest absolute Gasteiger partial charge is 0.384 e. The number of aliphatic hydroxyl groups excluding tert-OH is 1. The van der Waals surface area contributed by atoms with E-state index in [9.17, 15) is 0 Å². The van der Waals surface area contributed by atoms with Gasteiger partial charge in [-0.2, -0.15) is 10.1 Å². The Kier molecular flexibility index (Phi) is 5.70. The minimum atomic E-state index is -0.249. The van der Waals surface area contributed by atoms with Crippen molar-refractivity contribution in [2.24, 2.45) is 0 Å². The molecule has 1 atom stereocenters. The third-order valence-electron chi connectivity index (χ3n) is 5.27. The highest BCUT2D eigenvalue weighted by atomic mass is 16.5. The summed E-state index contributed by atoms with van der Waals surface area (Å²) < 4.78 is 5.70. The van der Waals surface area contributed by atoms with Crippen molar-refractivity contribution >= 4 is 17.6 Å². The summed E-state index contributed by atoms with van der Waals surface area (Å²) in [5, 5.41) is 23.6. The van der Waals surface area contributed by atoms with Gasteiger partial charge in [0.05, 0.1) is 11.7 Å². The fraction of sp³-hybridized carbons (Fsp3) is 0.261. The van der Waals surface area contributed by atoms with E-state index in [1.54, 1.807) is 12.3 Å². The molecule has 33 heavy (non-hydrogen) atoms. The van der Waals surface area contributed by atoms with Crippen LogP contribution in [0.2, 0.25) is 0 Å². The highest BCUT2D eigenvalue weighted by Crippen LogP contribution is 2.36. The van der Waals surface area contributed by atoms with Gasteiger partial charge in [-0.15, -0.1) is 0 Å². The number of aliphatic hydroxyl groups is 1. The smallest absolute Gasteiger partial charge is 0.229 e. The molecule has 0 radical (unpaired) electrons. The molecule has 0 bridgehead atoms. The second-order valence-corrected chi connectivity index (χ2v) is 7.64. The number of aromatic nitrogens is 6. The Balaban J connectivity index is 1.46. The Morgan fingerprint density at radius 3 is 2.94 bits per heavy atom. The predicted molar refractivity (Wildman–Crippen MR) is 122 cm³/mol. The minimum absolute atomic E-state index is 0.0588. The van der Waals surface area contributed by atoms with E-state index < -0.39 is 0 Å². The molecule has 0 saturated carbocycles. The van der Waals surface area contributed by atoms with Gasteiger partial charge in [0, 0.05) is 36.6 Å². The number of aryl methyl sites for hydroxylation is 1.